The van der Waals surface area contributed by atoms with Crippen molar-refractivity contribution in [2.45, 2.75) is 25.9 Å². The molecule has 1 atom stereocenters. The average Bonchev–Trinajstić information content (AvgIpc) is 3.08. The summed E-state index contributed by atoms with van der Waals surface area (Å²) < 4.78 is 18.1. The average molecular weight is 343 g/mol. The van der Waals surface area contributed by atoms with Gasteiger partial charge in [-0.25, -0.2) is 4.39 Å². The Bertz CT molecular complexity index is 779. The summed E-state index contributed by atoms with van der Waals surface area (Å²) in [6.45, 7) is -0.0832. The molecule has 0 spiro atoms. The Morgan fingerprint density at radius 3 is 2.80 bits per heavy atom. The van der Waals surface area contributed by atoms with Crippen molar-refractivity contribution >= 4 is 23.6 Å². The number of nitrogens with two attached hydrogens (primary N) is 1. The minimum absolute atomic E-state index is 0.00406. The zero-order chi connectivity index (χ0) is 17.6. The van der Waals surface area contributed by atoms with Crippen LogP contribution in [0.3, 0.4) is 0 Å². The Kier molecular flexibility index (Phi) is 5.17. The molecule has 0 radical (unpaired) electrons. The van der Waals surface area contributed by atoms with Gasteiger partial charge in [0.1, 0.15) is 5.82 Å². The normalized spacial score (nSPS) is 16.0. The number of carbonyl (C=O) groups excluding carboxylic acids is 1. The lowest BCUT2D eigenvalue weighted by atomic mass is 10.1. The Labute approximate surface area is 144 Å². The van der Waals surface area contributed by atoms with Gasteiger partial charge in [-0.2, -0.15) is 15.0 Å². The molecule has 0 bridgehead atoms. The minimum atomic E-state index is -0.342. The number of anilines is 3. The van der Waals surface area contributed by atoms with Crippen LogP contribution in [0.5, 0.6) is 0 Å². The van der Waals surface area contributed by atoms with Gasteiger partial charge in [0.2, 0.25) is 11.9 Å². The first-order chi connectivity index (χ1) is 12.1. The van der Waals surface area contributed by atoms with E-state index in [0.717, 1.165) is 12.8 Å². The highest BCUT2D eigenvalue weighted by molar-refractivity contribution is 5.70. The summed E-state index contributed by atoms with van der Waals surface area (Å²) in [5, 5.41) is 2.90. The molecule has 0 fully saturated rings. The van der Waals surface area contributed by atoms with Gasteiger partial charge in [-0.3, -0.25) is 4.79 Å². The van der Waals surface area contributed by atoms with Gasteiger partial charge in [0, 0.05) is 5.69 Å². The van der Waals surface area contributed by atoms with Crippen LogP contribution < -0.4 is 11.1 Å². The largest absolute Gasteiger partial charge is 0.457 e. The van der Waals surface area contributed by atoms with Crippen LogP contribution in [0, 0.1) is 11.7 Å². The fourth-order valence-corrected chi connectivity index (χ4v) is 2.50. The lowest BCUT2D eigenvalue weighted by Crippen LogP contribution is -2.12. The van der Waals surface area contributed by atoms with E-state index in [1.807, 2.05) is 6.08 Å². The molecule has 0 saturated carbocycles. The van der Waals surface area contributed by atoms with Gasteiger partial charge >= 0.3 is 5.97 Å². The number of esters is 1. The number of hydrogen-bond donors (Lipinski definition) is 2. The summed E-state index contributed by atoms with van der Waals surface area (Å²) in [6, 6.07) is 5.72. The van der Waals surface area contributed by atoms with E-state index in [1.54, 1.807) is 12.1 Å². The second-order valence-electron chi connectivity index (χ2n) is 5.70. The maximum atomic E-state index is 12.9. The third kappa shape index (κ3) is 4.97. The lowest BCUT2D eigenvalue weighted by molar-refractivity contribution is -0.146. The van der Waals surface area contributed by atoms with Crippen LogP contribution in [0.25, 0.3) is 0 Å². The van der Waals surface area contributed by atoms with Gasteiger partial charge in [-0.05, 0) is 43.0 Å². The summed E-state index contributed by atoms with van der Waals surface area (Å²) >= 11 is 0. The maximum Gasteiger partial charge on any atom is 0.306 e. The molecule has 3 rings (SSSR count). The van der Waals surface area contributed by atoms with Gasteiger partial charge < -0.3 is 15.8 Å². The number of hydrogen-bond acceptors (Lipinski definition) is 7. The van der Waals surface area contributed by atoms with E-state index >= 15 is 0 Å². The third-order valence-corrected chi connectivity index (χ3v) is 3.70. The molecule has 0 amide bonds. The minimum Gasteiger partial charge on any atom is -0.457 e. The summed E-state index contributed by atoms with van der Waals surface area (Å²) in [4.78, 5) is 23.9. The monoisotopic (exact) mass is 343 g/mol. The number of nitrogens with zero attached hydrogens (tertiary/aromatic N) is 3. The Morgan fingerprint density at radius 2 is 2.08 bits per heavy atom. The van der Waals surface area contributed by atoms with Crippen molar-refractivity contribution < 1.29 is 13.9 Å². The van der Waals surface area contributed by atoms with Gasteiger partial charge in [0.15, 0.2) is 12.4 Å². The molecule has 0 saturated heterocycles. The van der Waals surface area contributed by atoms with Crippen molar-refractivity contribution in [3.8, 4) is 0 Å². The number of aromatic nitrogens is 3. The van der Waals surface area contributed by atoms with Gasteiger partial charge in [-0.1, -0.05) is 12.2 Å². The van der Waals surface area contributed by atoms with Gasteiger partial charge in [0.05, 0.1) is 6.42 Å². The van der Waals surface area contributed by atoms with Crippen LogP contribution in [0.4, 0.5) is 22.0 Å². The highest BCUT2D eigenvalue weighted by Crippen LogP contribution is 2.21. The highest BCUT2D eigenvalue weighted by Gasteiger charge is 2.15. The molecule has 1 aromatic heterocycles. The molecule has 1 aliphatic carbocycles. The molecule has 8 heteroatoms. The van der Waals surface area contributed by atoms with E-state index in [1.165, 1.54) is 12.1 Å². The van der Waals surface area contributed by atoms with Gasteiger partial charge in [0.25, 0.3) is 0 Å². The van der Waals surface area contributed by atoms with E-state index in [4.69, 9.17) is 10.5 Å². The van der Waals surface area contributed by atoms with Crippen LogP contribution in [0.2, 0.25) is 0 Å². The Balaban J connectivity index is 1.59. The summed E-state index contributed by atoms with van der Waals surface area (Å²) in [5.41, 5.74) is 6.26. The number of nitrogen functional groups attached to an aromatic ring is 1. The van der Waals surface area contributed by atoms with Crippen molar-refractivity contribution in [3.05, 3.63) is 48.1 Å². The molecule has 1 heterocycles. The lowest BCUT2D eigenvalue weighted by Gasteiger charge is -2.09. The molecular formula is C17H18FN5O2. The first-order valence-corrected chi connectivity index (χ1v) is 7.94. The predicted octanol–water partition coefficient (Wildman–Crippen LogP) is 2.74. The number of allylic oxidation sites excluding steroid dienone is 2. The molecule has 1 aromatic carbocycles. The number of benzene rings is 1. The molecule has 0 unspecified atom stereocenters. The smallest absolute Gasteiger partial charge is 0.306 e. The predicted molar refractivity (Wildman–Crippen MR) is 90.2 cm³/mol. The second kappa shape index (κ2) is 7.69. The zero-order valence-corrected chi connectivity index (χ0v) is 13.5. The summed E-state index contributed by atoms with van der Waals surface area (Å²) in [6.07, 6.45) is 6.42. The Morgan fingerprint density at radius 1 is 1.28 bits per heavy atom. The summed E-state index contributed by atoms with van der Waals surface area (Å²) in [5.74, 6) is 0.0429. The molecule has 7 nitrogen and oxygen atoms in total. The third-order valence-electron chi connectivity index (χ3n) is 3.70. The van der Waals surface area contributed by atoms with E-state index in [9.17, 15) is 9.18 Å². The molecule has 25 heavy (non-hydrogen) atoms. The first kappa shape index (κ1) is 16.8. The van der Waals surface area contributed by atoms with Gasteiger partial charge in [-0.15, -0.1) is 0 Å². The fraction of sp³-hybridized carbons (Fsp3) is 0.294. The SMILES string of the molecule is Nc1nc(COC(=O)C[C@H]2C=CCC2)nc(Nc2ccc(F)cc2)n1. The molecule has 130 valence electrons. The number of halogens is 1. The second-order valence-corrected chi connectivity index (χ2v) is 5.70. The van der Waals surface area contributed by atoms with Crippen LogP contribution in [-0.2, 0) is 16.1 Å². The quantitative estimate of drug-likeness (QED) is 0.614. The van der Waals surface area contributed by atoms with Crippen molar-refractivity contribution in [2.24, 2.45) is 5.92 Å². The highest BCUT2D eigenvalue weighted by atomic mass is 19.1. The van der Waals surface area contributed by atoms with Crippen molar-refractivity contribution in [2.75, 3.05) is 11.1 Å². The van der Waals surface area contributed by atoms with Crippen LogP contribution in [-0.4, -0.2) is 20.9 Å². The molecule has 0 aliphatic heterocycles. The molecular weight excluding hydrogens is 325 g/mol. The van der Waals surface area contributed by atoms with Crippen molar-refractivity contribution in [3.63, 3.8) is 0 Å². The molecule has 2 aromatic rings. The fourth-order valence-electron chi connectivity index (χ4n) is 2.50. The number of rotatable bonds is 6. The molecule has 1 aliphatic rings. The topological polar surface area (TPSA) is 103 Å². The number of ether oxygens (including phenoxy) is 1. The Hall–Kier alpha value is -3.03. The van der Waals surface area contributed by atoms with E-state index < -0.39 is 0 Å². The zero-order valence-electron chi connectivity index (χ0n) is 13.5. The van der Waals surface area contributed by atoms with E-state index in [-0.39, 0.29) is 42.0 Å². The summed E-state index contributed by atoms with van der Waals surface area (Å²) in [7, 11) is 0. The van der Waals surface area contributed by atoms with Crippen LogP contribution >= 0.6 is 0 Å². The molecule has 3 N–H and O–H groups in total. The maximum absolute atomic E-state index is 12.9. The standard InChI is InChI=1S/C17H18FN5O2/c18-12-5-7-13(8-6-12)20-17-22-14(21-16(19)23-17)10-25-15(24)9-11-3-1-2-4-11/h1,3,5-8,11H,2,4,9-10H2,(H3,19,20,21,22,23)/t11-/m0/s1. The number of carbonyl (C=O) groups is 1. The van der Waals surface area contributed by atoms with Crippen LogP contribution in [0.1, 0.15) is 25.1 Å². The van der Waals surface area contributed by atoms with Crippen molar-refractivity contribution in [1.82, 2.24) is 15.0 Å². The van der Waals surface area contributed by atoms with E-state index in [0.29, 0.717) is 12.1 Å². The van der Waals surface area contributed by atoms with Crippen LogP contribution in [0.15, 0.2) is 36.4 Å². The van der Waals surface area contributed by atoms with Crippen molar-refractivity contribution in [1.29, 1.82) is 0 Å². The van der Waals surface area contributed by atoms with E-state index in [2.05, 4.69) is 26.3 Å². The number of nitrogens with one attached hydrogen (secondary N) is 1. The first-order valence-electron chi connectivity index (χ1n) is 7.94.